The lowest BCUT2D eigenvalue weighted by molar-refractivity contribution is -0.121. The van der Waals surface area contributed by atoms with Crippen LogP contribution in [0.15, 0.2) is 60.7 Å². The Morgan fingerprint density at radius 3 is 2.72 bits per heavy atom. The van der Waals surface area contributed by atoms with Gasteiger partial charge in [-0.25, -0.2) is 4.39 Å². The summed E-state index contributed by atoms with van der Waals surface area (Å²) < 4.78 is 25.3. The van der Waals surface area contributed by atoms with Gasteiger partial charge in [-0.2, -0.15) is 0 Å². The summed E-state index contributed by atoms with van der Waals surface area (Å²) in [5, 5.41) is 2.63. The maximum Gasteiger partial charge on any atom is 0.265 e. The number of nitrogens with one attached hydrogen (secondary N) is 1. The van der Waals surface area contributed by atoms with Crippen molar-refractivity contribution >= 4 is 34.8 Å². The van der Waals surface area contributed by atoms with Gasteiger partial charge in [-0.05, 0) is 43.3 Å². The van der Waals surface area contributed by atoms with Crippen molar-refractivity contribution < 1.29 is 23.5 Å². The molecule has 164 valence electrons. The van der Waals surface area contributed by atoms with Crippen molar-refractivity contribution in [2.24, 2.45) is 0 Å². The van der Waals surface area contributed by atoms with Gasteiger partial charge >= 0.3 is 0 Å². The molecule has 0 saturated carbocycles. The van der Waals surface area contributed by atoms with Gasteiger partial charge in [0.1, 0.15) is 23.9 Å². The zero-order valence-corrected chi connectivity index (χ0v) is 18.0. The second-order valence-electron chi connectivity index (χ2n) is 7.23. The van der Waals surface area contributed by atoms with Gasteiger partial charge in [-0.1, -0.05) is 35.4 Å². The summed E-state index contributed by atoms with van der Waals surface area (Å²) in [4.78, 5) is 26.4. The standard InChI is InChI=1S/C24H20ClFN2O4/c1-15-5-8-17(9-6-15)31-12-11-28-20-10-7-16(13-21(20)32-14-22(28)29)27-24(30)23-18(25)3-2-4-19(23)26/h2-10,13H,11-12,14H2,1H3,(H,27,30). The molecule has 0 spiro atoms. The highest BCUT2D eigenvalue weighted by Crippen LogP contribution is 2.35. The summed E-state index contributed by atoms with van der Waals surface area (Å²) in [5.74, 6) is -0.434. The summed E-state index contributed by atoms with van der Waals surface area (Å²) in [6, 6.07) is 16.6. The zero-order valence-electron chi connectivity index (χ0n) is 17.2. The monoisotopic (exact) mass is 454 g/mol. The molecular formula is C24H20ClFN2O4. The molecule has 1 aliphatic rings. The van der Waals surface area contributed by atoms with E-state index in [2.05, 4.69) is 5.32 Å². The van der Waals surface area contributed by atoms with Crippen LogP contribution in [-0.4, -0.2) is 31.6 Å². The summed E-state index contributed by atoms with van der Waals surface area (Å²) in [7, 11) is 0. The molecule has 32 heavy (non-hydrogen) atoms. The number of carbonyl (C=O) groups excluding carboxylic acids is 2. The molecule has 3 aromatic rings. The second kappa shape index (κ2) is 9.28. The Bertz CT molecular complexity index is 1150. The van der Waals surface area contributed by atoms with Crippen LogP contribution in [-0.2, 0) is 4.79 Å². The number of aryl methyl sites for hydroxylation is 1. The molecule has 4 rings (SSSR count). The summed E-state index contributed by atoms with van der Waals surface area (Å²) in [6.07, 6.45) is 0. The van der Waals surface area contributed by atoms with Gasteiger partial charge in [0.2, 0.25) is 0 Å². The van der Waals surface area contributed by atoms with E-state index in [4.69, 9.17) is 21.1 Å². The smallest absolute Gasteiger partial charge is 0.265 e. The molecule has 1 aliphatic heterocycles. The van der Waals surface area contributed by atoms with Crippen molar-refractivity contribution in [1.29, 1.82) is 0 Å². The summed E-state index contributed by atoms with van der Waals surface area (Å²) in [6.45, 7) is 2.50. The summed E-state index contributed by atoms with van der Waals surface area (Å²) in [5.41, 5.74) is 1.85. The topological polar surface area (TPSA) is 67.9 Å². The number of halogens is 2. The Morgan fingerprint density at radius 2 is 1.97 bits per heavy atom. The van der Waals surface area contributed by atoms with Crippen molar-refractivity contribution in [1.82, 2.24) is 0 Å². The van der Waals surface area contributed by atoms with Crippen molar-refractivity contribution in [3.63, 3.8) is 0 Å². The zero-order chi connectivity index (χ0) is 22.7. The van der Waals surface area contributed by atoms with Gasteiger partial charge in [0.05, 0.1) is 22.8 Å². The molecule has 6 nitrogen and oxygen atoms in total. The van der Waals surface area contributed by atoms with Gasteiger partial charge in [0.15, 0.2) is 6.61 Å². The first-order valence-electron chi connectivity index (χ1n) is 9.94. The first kappa shape index (κ1) is 21.6. The third-order valence-electron chi connectivity index (χ3n) is 4.96. The fourth-order valence-electron chi connectivity index (χ4n) is 3.32. The molecule has 0 aromatic heterocycles. The first-order valence-corrected chi connectivity index (χ1v) is 10.3. The van der Waals surface area contributed by atoms with Gasteiger partial charge in [-0.15, -0.1) is 0 Å². The van der Waals surface area contributed by atoms with E-state index in [0.29, 0.717) is 30.3 Å². The molecule has 0 saturated heterocycles. The van der Waals surface area contributed by atoms with Crippen LogP contribution < -0.4 is 19.7 Å². The number of nitrogens with zero attached hydrogens (tertiary/aromatic N) is 1. The van der Waals surface area contributed by atoms with Gasteiger partial charge in [0, 0.05) is 11.8 Å². The molecule has 0 bridgehead atoms. The highest BCUT2D eigenvalue weighted by molar-refractivity contribution is 6.34. The molecule has 0 fully saturated rings. The number of hydrogen-bond acceptors (Lipinski definition) is 4. The van der Waals surface area contributed by atoms with Crippen LogP contribution in [0, 0.1) is 12.7 Å². The maximum atomic E-state index is 14.0. The summed E-state index contributed by atoms with van der Waals surface area (Å²) >= 11 is 5.96. The highest BCUT2D eigenvalue weighted by Gasteiger charge is 2.26. The van der Waals surface area contributed by atoms with Crippen molar-refractivity contribution in [2.75, 3.05) is 30.0 Å². The molecule has 0 aliphatic carbocycles. The minimum Gasteiger partial charge on any atom is -0.492 e. The van der Waals surface area contributed by atoms with E-state index < -0.39 is 11.7 Å². The molecule has 0 unspecified atom stereocenters. The fraction of sp³-hybridized carbons (Fsp3) is 0.167. The largest absolute Gasteiger partial charge is 0.492 e. The fourth-order valence-corrected chi connectivity index (χ4v) is 3.57. The number of anilines is 2. The van der Waals surface area contributed by atoms with E-state index in [1.54, 1.807) is 23.1 Å². The van der Waals surface area contributed by atoms with Crippen molar-refractivity contribution in [2.45, 2.75) is 6.92 Å². The van der Waals surface area contributed by atoms with Crippen LogP contribution in [0.2, 0.25) is 5.02 Å². The predicted octanol–water partition coefficient (Wildman–Crippen LogP) is 4.84. The third-order valence-corrected chi connectivity index (χ3v) is 5.27. The van der Waals surface area contributed by atoms with E-state index in [0.717, 1.165) is 11.3 Å². The minimum absolute atomic E-state index is 0.0158. The first-order chi connectivity index (χ1) is 15.4. The number of benzene rings is 3. The number of carbonyl (C=O) groups is 2. The Labute approximate surface area is 189 Å². The molecular weight excluding hydrogens is 435 g/mol. The van der Waals surface area contributed by atoms with Gasteiger partial charge < -0.3 is 19.7 Å². The predicted molar refractivity (Wildman–Crippen MR) is 120 cm³/mol. The molecule has 1 heterocycles. The average molecular weight is 455 g/mol. The van der Waals surface area contributed by atoms with E-state index in [1.807, 2.05) is 31.2 Å². The number of ether oxygens (including phenoxy) is 2. The lowest BCUT2D eigenvalue weighted by Crippen LogP contribution is -2.41. The third kappa shape index (κ3) is 4.68. The number of rotatable bonds is 6. The molecule has 0 radical (unpaired) electrons. The van der Waals surface area contributed by atoms with Gasteiger partial charge in [0.25, 0.3) is 11.8 Å². The lowest BCUT2D eigenvalue weighted by Gasteiger charge is -2.29. The van der Waals surface area contributed by atoms with Crippen LogP contribution >= 0.6 is 11.6 Å². The molecule has 8 heteroatoms. The Morgan fingerprint density at radius 1 is 1.19 bits per heavy atom. The Kier molecular flexibility index (Phi) is 6.28. The van der Waals surface area contributed by atoms with Crippen LogP contribution in [0.1, 0.15) is 15.9 Å². The lowest BCUT2D eigenvalue weighted by atomic mass is 10.1. The Hall–Kier alpha value is -3.58. The molecule has 0 atom stereocenters. The molecule has 1 N–H and O–H groups in total. The SMILES string of the molecule is Cc1ccc(OCCN2C(=O)COc3cc(NC(=O)c4c(F)cccc4Cl)ccc32)cc1. The van der Waals surface area contributed by atoms with E-state index >= 15 is 0 Å². The number of hydrogen-bond donors (Lipinski definition) is 1. The quantitative estimate of drug-likeness (QED) is 0.578. The number of amides is 2. The van der Waals surface area contributed by atoms with Crippen LogP contribution in [0.25, 0.3) is 0 Å². The average Bonchev–Trinajstić information content (AvgIpc) is 2.76. The highest BCUT2D eigenvalue weighted by atomic mass is 35.5. The number of fused-ring (bicyclic) bond motifs is 1. The van der Waals surface area contributed by atoms with E-state index in [-0.39, 0.29) is 23.1 Å². The molecule has 3 aromatic carbocycles. The minimum atomic E-state index is -0.713. The maximum absolute atomic E-state index is 14.0. The molecule has 2 amide bonds. The second-order valence-corrected chi connectivity index (χ2v) is 7.64. The Balaban J connectivity index is 1.46. The van der Waals surface area contributed by atoms with Crippen LogP contribution in [0.4, 0.5) is 15.8 Å². The van der Waals surface area contributed by atoms with E-state index in [1.165, 1.54) is 18.2 Å². The van der Waals surface area contributed by atoms with Gasteiger partial charge in [-0.3, -0.25) is 9.59 Å². The van der Waals surface area contributed by atoms with Crippen molar-refractivity contribution in [3.8, 4) is 11.5 Å². The van der Waals surface area contributed by atoms with E-state index in [9.17, 15) is 14.0 Å². The van der Waals surface area contributed by atoms with Crippen molar-refractivity contribution in [3.05, 3.63) is 82.6 Å². The van der Waals surface area contributed by atoms with Crippen LogP contribution in [0.5, 0.6) is 11.5 Å². The normalized spacial score (nSPS) is 12.7. The van der Waals surface area contributed by atoms with Crippen LogP contribution in [0.3, 0.4) is 0 Å².